The fraction of sp³-hybridized carbons (Fsp3) is 0.429. The van der Waals surface area contributed by atoms with Crippen LogP contribution in [0.4, 0.5) is 13.2 Å². The van der Waals surface area contributed by atoms with E-state index in [1.807, 2.05) is 0 Å². The van der Waals surface area contributed by atoms with Gasteiger partial charge in [0, 0.05) is 5.41 Å². The van der Waals surface area contributed by atoms with E-state index < -0.39 is 40.8 Å². The molecule has 116 valence electrons. The Morgan fingerprint density at radius 2 is 1.57 bits per heavy atom. The SMILES string of the molecule is CC(C)(C)[C@H](OC(=O)c1ccccc1C(=O)O)C(F)(F)F. The molecule has 7 heteroatoms. The molecule has 0 amide bonds. The van der Waals surface area contributed by atoms with Crippen molar-refractivity contribution in [3.63, 3.8) is 0 Å². The number of carboxylic acid groups (broad SMARTS) is 1. The number of aromatic carboxylic acids is 1. The largest absolute Gasteiger partial charge is 0.478 e. The van der Waals surface area contributed by atoms with E-state index >= 15 is 0 Å². The summed E-state index contributed by atoms with van der Waals surface area (Å²) in [4.78, 5) is 22.9. The van der Waals surface area contributed by atoms with Crippen molar-refractivity contribution in [3.05, 3.63) is 35.4 Å². The summed E-state index contributed by atoms with van der Waals surface area (Å²) in [5.74, 6) is -2.73. The van der Waals surface area contributed by atoms with Gasteiger partial charge in [-0.2, -0.15) is 13.2 Å². The second-order valence-electron chi connectivity index (χ2n) is 5.54. The molecule has 0 saturated heterocycles. The highest BCUT2D eigenvalue weighted by Crippen LogP contribution is 2.36. The van der Waals surface area contributed by atoms with Crippen LogP contribution in [0, 0.1) is 5.41 Å². The first kappa shape index (κ1) is 17.0. The molecule has 0 heterocycles. The molecule has 0 aromatic heterocycles. The Balaban J connectivity index is 3.13. The first-order valence-electron chi connectivity index (χ1n) is 6.04. The molecule has 0 bridgehead atoms. The van der Waals surface area contributed by atoms with E-state index in [9.17, 15) is 22.8 Å². The van der Waals surface area contributed by atoms with E-state index in [2.05, 4.69) is 4.74 Å². The van der Waals surface area contributed by atoms with Crippen LogP contribution in [-0.4, -0.2) is 29.3 Å². The molecule has 1 aromatic carbocycles. The highest BCUT2D eigenvalue weighted by Gasteiger charge is 2.50. The number of rotatable bonds is 3. The molecule has 0 aliphatic carbocycles. The Hall–Kier alpha value is -2.05. The maximum atomic E-state index is 13.0. The zero-order chi connectivity index (χ0) is 16.4. The van der Waals surface area contributed by atoms with Gasteiger partial charge in [0.25, 0.3) is 0 Å². The van der Waals surface area contributed by atoms with E-state index in [-0.39, 0.29) is 0 Å². The third kappa shape index (κ3) is 4.21. The van der Waals surface area contributed by atoms with Crippen LogP contribution in [-0.2, 0) is 4.74 Å². The third-order valence-electron chi connectivity index (χ3n) is 2.69. The Morgan fingerprint density at radius 3 is 1.95 bits per heavy atom. The first-order chi connectivity index (χ1) is 9.44. The van der Waals surface area contributed by atoms with E-state index in [4.69, 9.17) is 5.11 Å². The van der Waals surface area contributed by atoms with Crippen molar-refractivity contribution in [1.82, 2.24) is 0 Å². The van der Waals surface area contributed by atoms with Gasteiger partial charge in [-0.25, -0.2) is 9.59 Å². The second kappa shape index (κ2) is 5.75. The second-order valence-corrected chi connectivity index (χ2v) is 5.54. The van der Waals surface area contributed by atoms with Crippen LogP contribution >= 0.6 is 0 Å². The van der Waals surface area contributed by atoms with Gasteiger partial charge in [-0.3, -0.25) is 0 Å². The van der Waals surface area contributed by atoms with Gasteiger partial charge in [0.1, 0.15) is 0 Å². The normalized spacial score (nSPS) is 13.6. The van der Waals surface area contributed by atoms with Gasteiger partial charge in [-0.15, -0.1) is 0 Å². The minimum absolute atomic E-state index is 0.405. The predicted octanol–water partition coefficient (Wildman–Crippen LogP) is 3.52. The molecular weight excluding hydrogens is 289 g/mol. The summed E-state index contributed by atoms with van der Waals surface area (Å²) < 4.78 is 43.4. The molecular formula is C14H15F3O4. The summed E-state index contributed by atoms with van der Waals surface area (Å²) in [6, 6.07) is 4.95. The van der Waals surface area contributed by atoms with Gasteiger partial charge in [0.05, 0.1) is 11.1 Å². The Morgan fingerprint density at radius 1 is 1.10 bits per heavy atom. The van der Waals surface area contributed by atoms with Gasteiger partial charge in [0.15, 0.2) is 0 Å². The van der Waals surface area contributed by atoms with Crippen molar-refractivity contribution in [2.24, 2.45) is 5.41 Å². The Kier molecular flexibility index (Phi) is 4.65. The molecule has 1 N–H and O–H groups in total. The zero-order valence-corrected chi connectivity index (χ0v) is 11.7. The van der Waals surface area contributed by atoms with Crippen molar-refractivity contribution in [3.8, 4) is 0 Å². The van der Waals surface area contributed by atoms with Crippen LogP contribution in [0.1, 0.15) is 41.5 Å². The van der Waals surface area contributed by atoms with Crippen LogP contribution in [0.15, 0.2) is 24.3 Å². The molecule has 4 nitrogen and oxygen atoms in total. The summed E-state index contributed by atoms with van der Waals surface area (Å²) in [7, 11) is 0. The van der Waals surface area contributed by atoms with Crippen molar-refractivity contribution >= 4 is 11.9 Å². The summed E-state index contributed by atoms with van der Waals surface area (Å²) >= 11 is 0. The van der Waals surface area contributed by atoms with E-state index in [0.717, 1.165) is 12.1 Å². The summed E-state index contributed by atoms with van der Waals surface area (Å²) in [6.45, 7) is 3.84. The van der Waals surface area contributed by atoms with E-state index in [0.29, 0.717) is 0 Å². The monoisotopic (exact) mass is 304 g/mol. The summed E-state index contributed by atoms with van der Waals surface area (Å²) in [6.07, 6.45) is -7.08. The zero-order valence-electron chi connectivity index (χ0n) is 11.7. The third-order valence-corrected chi connectivity index (χ3v) is 2.69. The molecule has 0 unspecified atom stereocenters. The van der Waals surface area contributed by atoms with Crippen molar-refractivity contribution in [1.29, 1.82) is 0 Å². The van der Waals surface area contributed by atoms with Gasteiger partial charge in [-0.05, 0) is 12.1 Å². The standard InChI is InChI=1S/C14H15F3O4/c1-13(2,3)12(14(15,16)17)21-11(20)9-7-5-4-6-8(9)10(18)19/h4-7,12H,1-3H3,(H,18,19)/t12-/m0/s1. The summed E-state index contributed by atoms with van der Waals surface area (Å²) in [5.41, 5.74) is -2.19. The minimum Gasteiger partial charge on any atom is -0.478 e. The van der Waals surface area contributed by atoms with Gasteiger partial charge in [0.2, 0.25) is 6.10 Å². The lowest BCUT2D eigenvalue weighted by Gasteiger charge is -2.31. The number of carbonyl (C=O) groups is 2. The number of carboxylic acids is 1. The quantitative estimate of drug-likeness (QED) is 0.868. The average molecular weight is 304 g/mol. The van der Waals surface area contributed by atoms with Crippen molar-refractivity contribution in [2.45, 2.75) is 33.1 Å². The highest BCUT2D eigenvalue weighted by molar-refractivity contribution is 6.02. The van der Waals surface area contributed by atoms with Crippen LogP contribution in [0.3, 0.4) is 0 Å². The highest BCUT2D eigenvalue weighted by atomic mass is 19.4. The fourth-order valence-electron chi connectivity index (χ4n) is 1.75. The number of halogens is 3. The number of carbonyl (C=O) groups excluding carboxylic acids is 1. The smallest absolute Gasteiger partial charge is 0.426 e. The van der Waals surface area contributed by atoms with Gasteiger partial charge in [-0.1, -0.05) is 32.9 Å². The number of alkyl halides is 3. The molecule has 0 aliphatic heterocycles. The minimum atomic E-state index is -4.74. The fourth-order valence-corrected chi connectivity index (χ4v) is 1.75. The number of ether oxygens (including phenoxy) is 1. The van der Waals surface area contributed by atoms with Crippen LogP contribution in [0.5, 0.6) is 0 Å². The molecule has 0 spiro atoms. The average Bonchev–Trinajstić information content (AvgIpc) is 2.32. The lowest BCUT2D eigenvalue weighted by Crippen LogP contribution is -2.44. The lowest BCUT2D eigenvalue weighted by atomic mass is 9.88. The topological polar surface area (TPSA) is 63.6 Å². The molecule has 1 aromatic rings. The number of hydrogen-bond donors (Lipinski definition) is 1. The molecule has 0 saturated carbocycles. The molecule has 0 fully saturated rings. The summed E-state index contributed by atoms with van der Waals surface area (Å²) in [5, 5.41) is 8.94. The van der Waals surface area contributed by atoms with Crippen molar-refractivity contribution in [2.75, 3.05) is 0 Å². The Labute approximate surface area is 119 Å². The first-order valence-corrected chi connectivity index (χ1v) is 6.04. The maximum Gasteiger partial charge on any atom is 0.426 e. The molecule has 1 atom stereocenters. The van der Waals surface area contributed by atoms with Crippen LogP contribution < -0.4 is 0 Å². The molecule has 0 radical (unpaired) electrons. The number of hydrogen-bond acceptors (Lipinski definition) is 3. The van der Waals surface area contributed by atoms with E-state index in [1.165, 1.54) is 32.9 Å². The molecule has 0 aliphatic rings. The molecule has 21 heavy (non-hydrogen) atoms. The van der Waals surface area contributed by atoms with Gasteiger partial charge < -0.3 is 9.84 Å². The maximum absolute atomic E-state index is 13.0. The van der Waals surface area contributed by atoms with Crippen LogP contribution in [0.2, 0.25) is 0 Å². The number of esters is 1. The number of benzene rings is 1. The predicted molar refractivity (Wildman–Crippen MR) is 68.1 cm³/mol. The van der Waals surface area contributed by atoms with Crippen molar-refractivity contribution < 1.29 is 32.6 Å². The Bertz CT molecular complexity index is 530. The molecule has 1 rings (SSSR count). The van der Waals surface area contributed by atoms with E-state index in [1.54, 1.807) is 0 Å². The lowest BCUT2D eigenvalue weighted by molar-refractivity contribution is -0.231. The van der Waals surface area contributed by atoms with Gasteiger partial charge >= 0.3 is 18.1 Å². The van der Waals surface area contributed by atoms with Crippen LogP contribution in [0.25, 0.3) is 0 Å².